The molecule has 6 heteroatoms. The summed E-state index contributed by atoms with van der Waals surface area (Å²) >= 11 is 5.92. The van der Waals surface area contributed by atoms with Gasteiger partial charge in [-0.25, -0.2) is 0 Å². The van der Waals surface area contributed by atoms with Crippen molar-refractivity contribution in [1.82, 2.24) is 15.1 Å². The number of aromatic nitrogens is 2. The molecule has 1 N–H and O–H groups in total. The van der Waals surface area contributed by atoms with Crippen LogP contribution in [0.4, 0.5) is 0 Å². The van der Waals surface area contributed by atoms with Gasteiger partial charge >= 0.3 is 0 Å². The van der Waals surface area contributed by atoms with E-state index in [0.29, 0.717) is 23.7 Å². The average molecular weight is 294 g/mol. The van der Waals surface area contributed by atoms with Crippen molar-refractivity contribution in [3.63, 3.8) is 0 Å². The summed E-state index contributed by atoms with van der Waals surface area (Å²) in [6.07, 6.45) is 2.14. The molecule has 5 nitrogen and oxygen atoms in total. The number of ether oxygens (including phenoxy) is 1. The monoisotopic (exact) mass is 293 g/mol. The van der Waals surface area contributed by atoms with Gasteiger partial charge in [-0.1, -0.05) is 29.8 Å². The summed E-state index contributed by atoms with van der Waals surface area (Å²) in [5.74, 6) is 0.588. The number of hydrogen-bond donors (Lipinski definition) is 1. The second-order valence-electron chi connectivity index (χ2n) is 4.28. The lowest BCUT2D eigenvalue weighted by Gasteiger charge is -2.09. The second-order valence-corrected chi connectivity index (χ2v) is 4.69. The zero-order valence-corrected chi connectivity index (χ0v) is 12.1. The van der Waals surface area contributed by atoms with Crippen LogP contribution >= 0.6 is 11.6 Å². The minimum atomic E-state index is -0.232. The molecule has 0 saturated heterocycles. The van der Waals surface area contributed by atoms with Crippen molar-refractivity contribution in [2.24, 2.45) is 7.05 Å². The summed E-state index contributed by atoms with van der Waals surface area (Å²) in [4.78, 5) is 12.0. The predicted octanol–water partition coefficient (Wildman–Crippen LogP) is 2.05. The van der Waals surface area contributed by atoms with Crippen molar-refractivity contribution in [2.75, 3.05) is 13.7 Å². The predicted molar refractivity (Wildman–Crippen MR) is 77.2 cm³/mol. The molecular formula is C14H16ClN3O2. The summed E-state index contributed by atoms with van der Waals surface area (Å²) in [6.45, 7) is 0.501. The van der Waals surface area contributed by atoms with Gasteiger partial charge in [-0.05, 0) is 18.1 Å². The first-order valence-electron chi connectivity index (χ1n) is 6.21. The highest BCUT2D eigenvalue weighted by molar-refractivity contribution is 6.33. The second kappa shape index (κ2) is 6.43. The van der Waals surface area contributed by atoms with Crippen LogP contribution in [-0.2, 0) is 13.5 Å². The quantitative estimate of drug-likeness (QED) is 0.918. The average Bonchev–Trinajstić information content (AvgIpc) is 2.78. The summed E-state index contributed by atoms with van der Waals surface area (Å²) in [5.41, 5.74) is 1.41. The van der Waals surface area contributed by atoms with E-state index in [2.05, 4.69) is 10.4 Å². The maximum absolute atomic E-state index is 12.0. The third kappa shape index (κ3) is 3.11. The minimum absolute atomic E-state index is 0.232. The van der Waals surface area contributed by atoms with Crippen LogP contribution in [0.3, 0.4) is 0 Å². The number of nitrogens with one attached hydrogen (secondary N) is 1. The van der Waals surface area contributed by atoms with E-state index in [9.17, 15) is 4.79 Å². The van der Waals surface area contributed by atoms with E-state index in [1.54, 1.807) is 14.2 Å². The molecule has 0 spiro atoms. The molecule has 1 heterocycles. The van der Waals surface area contributed by atoms with Crippen LogP contribution in [0.5, 0.6) is 5.75 Å². The largest absolute Gasteiger partial charge is 0.496 e. The van der Waals surface area contributed by atoms with Crippen molar-refractivity contribution in [3.05, 3.63) is 46.7 Å². The molecule has 0 unspecified atom stereocenters. The maximum atomic E-state index is 12.0. The number of rotatable bonds is 5. The van der Waals surface area contributed by atoms with Crippen molar-refractivity contribution in [1.29, 1.82) is 0 Å². The lowest BCUT2D eigenvalue weighted by Crippen LogP contribution is -2.28. The fourth-order valence-electron chi connectivity index (χ4n) is 1.97. The zero-order valence-electron chi connectivity index (χ0n) is 11.4. The molecule has 1 amide bonds. The number of carbonyl (C=O) groups is 1. The molecule has 0 aliphatic carbocycles. The van der Waals surface area contributed by atoms with E-state index in [1.807, 2.05) is 24.3 Å². The molecule has 20 heavy (non-hydrogen) atoms. The van der Waals surface area contributed by atoms with Crippen LogP contribution in [0.15, 0.2) is 30.5 Å². The lowest BCUT2D eigenvalue weighted by molar-refractivity contribution is 0.0945. The minimum Gasteiger partial charge on any atom is -0.496 e. The fourth-order valence-corrected chi connectivity index (χ4v) is 2.22. The van der Waals surface area contributed by atoms with E-state index in [4.69, 9.17) is 16.3 Å². The molecule has 0 radical (unpaired) electrons. The first kappa shape index (κ1) is 14.4. The molecule has 0 fully saturated rings. The molecule has 0 aliphatic heterocycles. The first-order valence-corrected chi connectivity index (χ1v) is 6.59. The van der Waals surface area contributed by atoms with Gasteiger partial charge in [-0.3, -0.25) is 9.48 Å². The Bertz CT molecular complexity index is 591. The Morgan fingerprint density at radius 1 is 1.45 bits per heavy atom. The van der Waals surface area contributed by atoms with Gasteiger partial charge in [-0.2, -0.15) is 5.10 Å². The molecule has 2 aromatic rings. The fraction of sp³-hybridized carbons (Fsp3) is 0.286. The number of nitrogens with zero attached hydrogens (tertiary/aromatic N) is 2. The van der Waals surface area contributed by atoms with Crippen LogP contribution in [0.25, 0.3) is 0 Å². The van der Waals surface area contributed by atoms with Crippen LogP contribution in [-0.4, -0.2) is 29.3 Å². The van der Waals surface area contributed by atoms with Crippen molar-refractivity contribution < 1.29 is 9.53 Å². The van der Waals surface area contributed by atoms with Crippen molar-refractivity contribution in [3.8, 4) is 5.75 Å². The topological polar surface area (TPSA) is 56.1 Å². The van der Waals surface area contributed by atoms with Gasteiger partial charge in [0.2, 0.25) is 0 Å². The Hall–Kier alpha value is -2.01. The smallest absolute Gasteiger partial charge is 0.271 e. The molecule has 1 aromatic carbocycles. The van der Waals surface area contributed by atoms with Crippen LogP contribution < -0.4 is 10.1 Å². The lowest BCUT2D eigenvalue weighted by atomic mass is 10.1. The van der Waals surface area contributed by atoms with Crippen LogP contribution in [0, 0.1) is 0 Å². The molecule has 2 rings (SSSR count). The normalized spacial score (nSPS) is 10.3. The molecule has 0 bridgehead atoms. The highest BCUT2D eigenvalue weighted by Gasteiger charge is 2.15. The number of methoxy groups -OCH3 is 1. The maximum Gasteiger partial charge on any atom is 0.271 e. The molecule has 1 aromatic heterocycles. The van der Waals surface area contributed by atoms with Crippen LogP contribution in [0.2, 0.25) is 5.02 Å². The molecular weight excluding hydrogens is 278 g/mol. The number of hydrogen-bond acceptors (Lipinski definition) is 3. The number of amides is 1. The molecule has 106 valence electrons. The zero-order chi connectivity index (χ0) is 14.5. The van der Waals surface area contributed by atoms with Gasteiger partial charge in [0.05, 0.1) is 18.3 Å². The Labute approximate surface area is 122 Å². The van der Waals surface area contributed by atoms with Crippen molar-refractivity contribution >= 4 is 17.5 Å². The number of carbonyl (C=O) groups excluding carboxylic acids is 1. The molecule has 0 atom stereocenters. The Balaban J connectivity index is 1.95. The SMILES string of the molecule is COc1ccccc1CCNC(=O)c1c(Cl)cnn1C. The van der Waals surface area contributed by atoms with Crippen LogP contribution in [0.1, 0.15) is 16.1 Å². The number of para-hydroxylation sites is 1. The standard InChI is InChI=1S/C14H16ClN3O2/c1-18-13(11(15)9-17-18)14(19)16-8-7-10-5-3-4-6-12(10)20-2/h3-6,9H,7-8H2,1-2H3,(H,16,19). The Morgan fingerprint density at radius 3 is 2.85 bits per heavy atom. The summed E-state index contributed by atoms with van der Waals surface area (Å²) in [6, 6.07) is 7.73. The van der Waals surface area contributed by atoms with Gasteiger partial charge < -0.3 is 10.1 Å². The van der Waals surface area contributed by atoms with E-state index < -0.39 is 0 Å². The third-order valence-corrected chi connectivity index (χ3v) is 3.26. The summed E-state index contributed by atoms with van der Waals surface area (Å²) in [5, 5.41) is 7.11. The van der Waals surface area contributed by atoms with Crippen molar-refractivity contribution in [2.45, 2.75) is 6.42 Å². The summed E-state index contributed by atoms with van der Waals surface area (Å²) < 4.78 is 6.72. The van der Waals surface area contributed by atoms with Gasteiger partial charge in [0.15, 0.2) is 0 Å². The highest BCUT2D eigenvalue weighted by Crippen LogP contribution is 2.17. The van der Waals surface area contributed by atoms with Gasteiger partial charge in [0.1, 0.15) is 11.4 Å². The Morgan fingerprint density at radius 2 is 2.20 bits per heavy atom. The molecule has 0 aliphatic rings. The van der Waals surface area contributed by atoms with E-state index in [0.717, 1.165) is 11.3 Å². The number of aryl methyl sites for hydroxylation is 1. The molecule has 0 saturated carbocycles. The van der Waals surface area contributed by atoms with E-state index >= 15 is 0 Å². The Kier molecular flexibility index (Phi) is 4.63. The van der Waals surface area contributed by atoms with Gasteiger partial charge in [0.25, 0.3) is 5.91 Å². The first-order chi connectivity index (χ1) is 9.63. The highest BCUT2D eigenvalue weighted by atomic mass is 35.5. The summed E-state index contributed by atoms with van der Waals surface area (Å²) in [7, 11) is 3.31. The van der Waals surface area contributed by atoms with Gasteiger partial charge in [-0.15, -0.1) is 0 Å². The number of halogens is 1. The van der Waals surface area contributed by atoms with E-state index in [-0.39, 0.29) is 5.91 Å². The third-order valence-electron chi connectivity index (χ3n) is 2.98. The number of benzene rings is 1. The van der Waals surface area contributed by atoms with Gasteiger partial charge in [0, 0.05) is 13.6 Å². The van der Waals surface area contributed by atoms with E-state index in [1.165, 1.54) is 10.9 Å².